The van der Waals surface area contributed by atoms with Crippen molar-refractivity contribution in [2.24, 2.45) is 0 Å². The monoisotopic (exact) mass is 428 g/mol. The van der Waals surface area contributed by atoms with E-state index in [0.717, 1.165) is 33.5 Å². The lowest BCUT2D eigenvalue weighted by molar-refractivity contribution is 0.262. The maximum atomic E-state index is 12.3. The van der Waals surface area contributed by atoms with Gasteiger partial charge >= 0.3 is 6.03 Å². The number of para-hydroxylation sites is 1. The van der Waals surface area contributed by atoms with E-state index in [1.54, 1.807) is 20.4 Å². The van der Waals surface area contributed by atoms with Gasteiger partial charge in [0.25, 0.3) is 0 Å². The minimum absolute atomic E-state index is 0.291. The lowest BCUT2D eigenvalue weighted by Gasteiger charge is -2.13. The number of hydrogen-bond acceptors (Lipinski definition) is 5. The van der Waals surface area contributed by atoms with Gasteiger partial charge in [0.05, 0.1) is 19.7 Å². The fourth-order valence-electron chi connectivity index (χ4n) is 3.37. The van der Waals surface area contributed by atoms with E-state index in [1.165, 1.54) is 0 Å². The van der Waals surface area contributed by atoms with Crippen LogP contribution in [0.15, 0.2) is 72.9 Å². The van der Waals surface area contributed by atoms with Crippen LogP contribution in [-0.4, -0.2) is 25.2 Å². The molecule has 0 aliphatic carbocycles. The molecule has 1 heterocycles. The maximum absolute atomic E-state index is 12.3. The SMILES string of the molecule is COc1cc2nccc(Nc3ccc(NC(=O)Nc4ccccc4C)cc3)c2cc1OC. The molecule has 7 nitrogen and oxygen atoms in total. The van der Waals surface area contributed by atoms with Crippen molar-refractivity contribution in [1.29, 1.82) is 0 Å². The topological polar surface area (TPSA) is 84.5 Å². The Balaban J connectivity index is 1.48. The minimum Gasteiger partial charge on any atom is -0.493 e. The molecule has 3 aromatic carbocycles. The second-order valence-electron chi connectivity index (χ2n) is 7.18. The third-order valence-corrected chi connectivity index (χ3v) is 5.06. The first-order chi connectivity index (χ1) is 15.6. The summed E-state index contributed by atoms with van der Waals surface area (Å²) in [5.41, 5.74) is 5.01. The second-order valence-corrected chi connectivity index (χ2v) is 7.18. The first kappa shape index (κ1) is 21.0. The molecule has 4 rings (SSSR count). The van der Waals surface area contributed by atoms with Gasteiger partial charge in [-0.25, -0.2) is 4.79 Å². The third kappa shape index (κ3) is 4.57. The van der Waals surface area contributed by atoms with Crippen LogP contribution in [0.3, 0.4) is 0 Å². The Labute approximate surface area is 186 Å². The minimum atomic E-state index is -0.291. The van der Waals surface area contributed by atoms with Crippen molar-refractivity contribution in [3.63, 3.8) is 0 Å². The summed E-state index contributed by atoms with van der Waals surface area (Å²) >= 11 is 0. The molecule has 7 heteroatoms. The van der Waals surface area contributed by atoms with E-state index in [4.69, 9.17) is 9.47 Å². The first-order valence-corrected chi connectivity index (χ1v) is 10.1. The summed E-state index contributed by atoms with van der Waals surface area (Å²) in [7, 11) is 3.21. The Morgan fingerprint density at radius 2 is 1.50 bits per heavy atom. The standard InChI is InChI=1S/C25H24N4O3/c1-16-6-4-5-7-20(16)29-25(30)28-18-10-8-17(9-11-18)27-21-12-13-26-22-15-24(32-3)23(31-2)14-19(21)22/h4-15H,1-3H3,(H,26,27)(H2,28,29,30). The van der Waals surface area contributed by atoms with Gasteiger partial charge in [0, 0.05) is 40.4 Å². The fourth-order valence-corrected chi connectivity index (χ4v) is 3.37. The number of aryl methyl sites for hydroxylation is 1. The van der Waals surface area contributed by atoms with E-state index in [1.807, 2.05) is 73.7 Å². The van der Waals surface area contributed by atoms with E-state index < -0.39 is 0 Å². The van der Waals surface area contributed by atoms with Gasteiger partial charge in [-0.2, -0.15) is 0 Å². The van der Waals surface area contributed by atoms with Crippen LogP contribution in [0.4, 0.5) is 27.5 Å². The maximum Gasteiger partial charge on any atom is 0.323 e. The van der Waals surface area contributed by atoms with Gasteiger partial charge in [-0.15, -0.1) is 0 Å². The molecule has 0 fully saturated rings. The van der Waals surface area contributed by atoms with E-state index in [0.29, 0.717) is 17.2 Å². The zero-order valence-corrected chi connectivity index (χ0v) is 18.1. The number of fused-ring (bicyclic) bond motifs is 1. The molecule has 0 saturated carbocycles. The predicted octanol–water partition coefficient (Wildman–Crippen LogP) is 5.95. The van der Waals surface area contributed by atoms with Crippen LogP contribution < -0.4 is 25.4 Å². The normalized spacial score (nSPS) is 10.5. The zero-order chi connectivity index (χ0) is 22.5. The highest BCUT2D eigenvalue weighted by molar-refractivity contribution is 6.00. The largest absolute Gasteiger partial charge is 0.493 e. The molecule has 0 spiro atoms. The van der Waals surface area contributed by atoms with E-state index in [2.05, 4.69) is 20.9 Å². The highest BCUT2D eigenvalue weighted by Crippen LogP contribution is 2.35. The molecule has 2 amide bonds. The molecule has 0 atom stereocenters. The average Bonchev–Trinajstić information content (AvgIpc) is 2.81. The average molecular weight is 428 g/mol. The molecule has 162 valence electrons. The molecule has 0 radical (unpaired) electrons. The summed E-state index contributed by atoms with van der Waals surface area (Å²) in [5, 5.41) is 10.0. The zero-order valence-electron chi connectivity index (χ0n) is 18.1. The lowest BCUT2D eigenvalue weighted by atomic mass is 10.1. The summed E-state index contributed by atoms with van der Waals surface area (Å²) in [6, 6.07) is 20.5. The van der Waals surface area contributed by atoms with Crippen molar-refractivity contribution in [1.82, 2.24) is 4.98 Å². The molecule has 0 bridgehead atoms. The van der Waals surface area contributed by atoms with Crippen molar-refractivity contribution < 1.29 is 14.3 Å². The number of rotatable bonds is 6. The van der Waals surface area contributed by atoms with Crippen molar-refractivity contribution in [2.75, 3.05) is 30.2 Å². The van der Waals surface area contributed by atoms with Crippen molar-refractivity contribution in [3.8, 4) is 11.5 Å². The van der Waals surface area contributed by atoms with Crippen molar-refractivity contribution in [2.45, 2.75) is 6.92 Å². The number of aromatic nitrogens is 1. The van der Waals surface area contributed by atoms with Gasteiger partial charge < -0.3 is 25.4 Å². The molecular weight excluding hydrogens is 404 g/mol. The van der Waals surface area contributed by atoms with Crippen LogP contribution in [0.5, 0.6) is 11.5 Å². The Morgan fingerprint density at radius 1 is 0.812 bits per heavy atom. The van der Waals surface area contributed by atoms with Crippen molar-refractivity contribution in [3.05, 3.63) is 78.5 Å². The first-order valence-electron chi connectivity index (χ1n) is 10.1. The molecule has 0 unspecified atom stereocenters. The highest BCUT2D eigenvalue weighted by Gasteiger charge is 2.10. The van der Waals surface area contributed by atoms with Gasteiger partial charge in [-0.1, -0.05) is 18.2 Å². The Morgan fingerprint density at radius 3 is 2.22 bits per heavy atom. The predicted molar refractivity (Wildman–Crippen MR) is 128 cm³/mol. The lowest BCUT2D eigenvalue weighted by Crippen LogP contribution is -2.19. The van der Waals surface area contributed by atoms with Gasteiger partial charge in [0.2, 0.25) is 0 Å². The fraction of sp³-hybridized carbons (Fsp3) is 0.120. The summed E-state index contributed by atoms with van der Waals surface area (Å²) in [6.45, 7) is 1.95. The van der Waals surface area contributed by atoms with Crippen LogP contribution >= 0.6 is 0 Å². The van der Waals surface area contributed by atoms with Gasteiger partial charge in [-0.3, -0.25) is 4.98 Å². The number of nitrogens with zero attached hydrogens (tertiary/aromatic N) is 1. The van der Waals surface area contributed by atoms with Crippen LogP contribution in [0, 0.1) is 6.92 Å². The van der Waals surface area contributed by atoms with Crippen LogP contribution in [0.1, 0.15) is 5.56 Å². The highest BCUT2D eigenvalue weighted by atomic mass is 16.5. The number of benzene rings is 3. The Kier molecular flexibility index (Phi) is 6.07. The second kappa shape index (κ2) is 9.26. The Hall–Kier alpha value is -4.26. The number of methoxy groups -OCH3 is 2. The van der Waals surface area contributed by atoms with Crippen LogP contribution in [-0.2, 0) is 0 Å². The molecule has 0 saturated heterocycles. The van der Waals surface area contributed by atoms with Crippen molar-refractivity contribution >= 4 is 39.7 Å². The number of amides is 2. The molecule has 4 aromatic rings. The third-order valence-electron chi connectivity index (χ3n) is 5.06. The van der Waals surface area contributed by atoms with Gasteiger partial charge in [0.1, 0.15) is 0 Å². The number of urea groups is 1. The number of pyridine rings is 1. The van der Waals surface area contributed by atoms with Gasteiger partial charge in [-0.05, 0) is 55.0 Å². The number of anilines is 4. The molecule has 32 heavy (non-hydrogen) atoms. The number of carbonyl (C=O) groups is 1. The van der Waals surface area contributed by atoms with Gasteiger partial charge in [0.15, 0.2) is 11.5 Å². The quantitative estimate of drug-likeness (QED) is 0.353. The molecular formula is C25H24N4O3. The van der Waals surface area contributed by atoms with E-state index >= 15 is 0 Å². The molecule has 1 aromatic heterocycles. The number of ether oxygens (including phenoxy) is 2. The number of hydrogen-bond donors (Lipinski definition) is 3. The summed E-state index contributed by atoms with van der Waals surface area (Å²) in [5.74, 6) is 1.26. The summed E-state index contributed by atoms with van der Waals surface area (Å²) in [6.07, 6.45) is 1.74. The van der Waals surface area contributed by atoms with Crippen LogP contribution in [0.2, 0.25) is 0 Å². The summed E-state index contributed by atoms with van der Waals surface area (Å²) in [4.78, 5) is 16.7. The molecule has 0 aliphatic heterocycles. The molecule has 0 aliphatic rings. The smallest absolute Gasteiger partial charge is 0.323 e. The Bertz CT molecular complexity index is 1260. The van der Waals surface area contributed by atoms with E-state index in [9.17, 15) is 4.79 Å². The molecule has 3 N–H and O–H groups in total. The number of carbonyl (C=O) groups excluding carboxylic acids is 1. The van der Waals surface area contributed by atoms with Crippen LogP contribution in [0.25, 0.3) is 10.9 Å². The summed E-state index contributed by atoms with van der Waals surface area (Å²) < 4.78 is 10.8. The van der Waals surface area contributed by atoms with E-state index in [-0.39, 0.29) is 6.03 Å². The number of nitrogens with one attached hydrogen (secondary N) is 3.